The summed E-state index contributed by atoms with van der Waals surface area (Å²) >= 11 is 0. The van der Waals surface area contributed by atoms with Crippen LogP contribution in [0.2, 0.25) is 0 Å². The van der Waals surface area contributed by atoms with E-state index in [1.165, 1.54) is 0 Å². The van der Waals surface area contributed by atoms with Crippen LogP contribution in [-0.2, 0) is 19.9 Å². The molecule has 136 valence electrons. The molecule has 0 radical (unpaired) electrons. The van der Waals surface area contributed by atoms with Crippen LogP contribution < -0.4 is 10.5 Å². The fourth-order valence-electron chi connectivity index (χ4n) is 3.91. The number of aryl methyl sites for hydroxylation is 1. The van der Waals surface area contributed by atoms with E-state index in [9.17, 15) is 9.59 Å². The van der Waals surface area contributed by atoms with Crippen molar-refractivity contribution in [1.29, 1.82) is 0 Å². The van der Waals surface area contributed by atoms with E-state index in [2.05, 4.69) is 14.9 Å². The zero-order valence-corrected chi connectivity index (χ0v) is 15.0. The first-order chi connectivity index (χ1) is 12.6. The van der Waals surface area contributed by atoms with Crippen molar-refractivity contribution in [3.8, 4) is 0 Å². The van der Waals surface area contributed by atoms with Crippen LogP contribution in [0.4, 0.5) is 5.82 Å². The van der Waals surface area contributed by atoms with Crippen molar-refractivity contribution < 1.29 is 4.79 Å². The van der Waals surface area contributed by atoms with Crippen LogP contribution in [0.1, 0.15) is 34.5 Å². The highest BCUT2D eigenvalue weighted by molar-refractivity contribution is 5.94. The molecule has 7 heteroatoms. The fraction of sp³-hybridized carbons (Fsp3) is 0.474. The molecular formula is C19H23N5O2. The van der Waals surface area contributed by atoms with Crippen molar-refractivity contribution in [2.45, 2.75) is 25.7 Å². The molecule has 0 N–H and O–H groups in total. The maximum Gasteiger partial charge on any atom is 0.263 e. The lowest BCUT2D eigenvalue weighted by Crippen LogP contribution is -2.50. The summed E-state index contributed by atoms with van der Waals surface area (Å²) in [5, 5.41) is 0. The van der Waals surface area contributed by atoms with Crippen LogP contribution in [0.3, 0.4) is 0 Å². The van der Waals surface area contributed by atoms with Gasteiger partial charge in [0, 0.05) is 51.3 Å². The third-order valence-electron chi connectivity index (χ3n) is 5.41. The second-order valence-electron chi connectivity index (χ2n) is 6.94. The number of carbonyl (C=O) groups excluding carboxylic acids is 1. The van der Waals surface area contributed by atoms with Crippen molar-refractivity contribution in [3.05, 3.63) is 51.8 Å². The number of aromatic nitrogens is 3. The molecule has 0 bridgehead atoms. The standard InChI is InChI=1S/C19H23N5O2/c1-22-16-5-3-2-4-14(16)12-15(18(22)25)19(26)24-10-8-23(9-11-24)17-13-20-6-7-21-17/h6-7,12-13H,2-5,8-11H2,1H3. The number of carbonyl (C=O) groups is 1. The molecule has 1 amide bonds. The molecule has 0 atom stereocenters. The Labute approximate surface area is 152 Å². The Hall–Kier alpha value is -2.70. The van der Waals surface area contributed by atoms with Crippen LogP contribution in [0.15, 0.2) is 29.5 Å². The van der Waals surface area contributed by atoms with Gasteiger partial charge in [0.1, 0.15) is 11.4 Å². The molecule has 7 nitrogen and oxygen atoms in total. The molecular weight excluding hydrogens is 330 g/mol. The van der Waals surface area contributed by atoms with Gasteiger partial charge in [-0.05, 0) is 37.3 Å². The maximum absolute atomic E-state index is 13.0. The van der Waals surface area contributed by atoms with Gasteiger partial charge in [0.25, 0.3) is 11.5 Å². The second-order valence-corrected chi connectivity index (χ2v) is 6.94. The highest BCUT2D eigenvalue weighted by Gasteiger charge is 2.26. The normalized spacial score (nSPS) is 17.1. The van der Waals surface area contributed by atoms with Crippen molar-refractivity contribution in [2.75, 3.05) is 31.1 Å². The summed E-state index contributed by atoms with van der Waals surface area (Å²) in [5.41, 5.74) is 2.37. The van der Waals surface area contributed by atoms with E-state index in [1.54, 1.807) is 35.1 Å². The van der Waals surface area contributed by atoms with E-state index in [4.69, 9.17) is 0 Å². The van der Waals surface area contributed by atoms with E-state index in [0.29, 0.717) is 31.7 Å². The van der Waals surface area contributed by atoms with Gasteiger partial charge in [-0.15, -0.1) is 0 Å². The van der Waals surface area contributed by atoms with Crippen molar-refractivity contribution in [2.24, 2.45) is 7.05 Å². The van der Waals surface area contributed by atoms with Gasteiger partial charge in [0.15, 0.2) is 0 Å². The number of rotatable bonds is 2. The van der Waals surface area contributed by atoms with E-state index < -0.39 is 0 Å². The minimum atomic E-state index is -0.174. The molecule has 26 heavy (non-hydrogen) atoms. The third kappa shape index (κ3) is 2.98. The van der Waals surface area contributed by atoms with Gasteiger partial charge in [-0.2, -0.15) is 0 Å². The predicted molar refractivity (Wildman–Crippen MR) is 98.5 cm³/mol. The number of fused-ring (bicyclic) bond motifs is 1. The molecule has 1 aliphatic carbocycles. The quantitative estimate of drug-likeness (QED) is 0.806. The second kappa shape index (κ2) is 6.90. The fourth-order valence-corrected chi connectivity index (χ4v) is 3.91. The number of anilines is 1. The van der Waals surface area contributed by atoms with E-state index in [1.807, 2.05) is 6.07 Å². The number of hydrogen-bond acceptors (Lipinski definition) is 5. The van der Waals surface area contributed by atoms with E-state index in [0.717, 1.165) is 42.8 Å². The maximum atomic E-state index is 13.0. The third-order valence-corrected chi connectivity index (χ3v) is 5.41. The predicted octanol–water partition coefficient (Wildman–Crippen LogP) is 1.02. The van der Waals surface area contributed by atoms with Crippen LogP contribution in [0.5, 0.6) is 0 Å². The number of piperazine rings is 1. The topological polar surface area (TPSA) is 71.3 Å². The monoisotopic (exact) mass is 353 g/mol. The zero-order valence-electron chi connectivity index (χ0n) is 15.0. The Balaban J connectivity index is 1.52. The van der Waals surface area contributed by atoms with E-state index in [-0.39, 0.29) is 11.5 Å². The Morgan fingerprint density at radius 3 is 2.58 bits per heavy atom. The van der Waals surface area contributed by atoms with Crippen LogP contribution in [-0.4, -0.2) is 51.5 Å². The largest absolute Gasteiger partial charge is 0.352 e. The summed E-state index contributed by atoms with van der Waals surface area (Å²) in [5.74, 6) is 0.669. The van der Waals surface area contributed by atoms with Gasteiger partial charge in [-0.1, -0.05) is 0 Å². The number of amides is 1. The van der Waals surface area contributed by atoms with E-state index >= 15 is 0 Å². The molecule has 3 heterocycles. The molecule has 2 aromatic heterocycles. The molecule has 0 unspecified atom stereocenters. The minimum Gasteiger partial charge on any atom is -0.352 e. The summed E-state index contributed by atoms with van der Waals surface area (Å²) in [7, 11) is 1.79. The Morgan fingerprint density at radius 1 is 1.08 bits per heavy atom. The SMILES string of the molecule is Cn1c2c(cc(C(=O)N3CCN(c4cnccn4)CC3)c1=O)CCCC2. The molecule has 0 saturated carbocycles. The van der Waals surface area contributed by atoms with Crippen LogP contribution >= 0.6 is 0 Å². The average Bonchev–Trinajstić information content (AvgIpc) is 2.71. The van der Waals surface area contributed by atoms with Crippen molar-refractivity contribution in [1.82, 2.24) is 19.4 Å². The minimum absolute atomic E-state index is 0.155. The highest BCUT2D eigenvalue weighted by Crippen LogP contribution is 2.21. The lowest BCUT2D eigenvalue weighted by molar-refractivity contribution is 0.0744. The Kier molecular flexibility index (Phi) is 4.44. The molecule has 2 aromatic rings. The molecule has 0 spiro atoms. The van der Waals surface area contributed by atoms with Crippen LogP contribution in [0.25, 0.3) is 0 Å². The Morgan fingerprint density at radius 2 is 1.85 bits per heavy atom. The lowest BCUT2D eigenvalue weighted by atomic mass is 9.94. The summed E-state index contributed by atoms with van der Waals surface area (Å²) in [6, 6.07) is 1.84. The highest BCUT2D eigenvalue weighted by atomic mass is 16.2. The van der Waals surface area contributed by atoms with Crippen molar-refractivity contribution >= 4 is 11.7 Å². The molecule has 1 aliphatic heterocycles. The number of nitrogens with zero attached hydrogens (tertiary/aromatic N) is 5. The van der Waals surface area contributed by atoms with Gasteiger partial charge in [-0.25, -0.2) is 4.98 Å². The lowest BCUT2D eigenvalue weighted by Gasteiger charge is -2.35. The summed E-state index contributed by atoms with van der Waals surface area (Å²) < 4.78 is 1.68. The summed E-state index contributed by atoms with van der Waals surface area (Å²) in [6.07, 6.45) is 9.15. The molecule has 1 fully saturated rings. The van der Waals surface area contributed by atoms with Gasteiger partial charge in [-0.3, -0.25) is 14.6 Å². The van der Waals surface area contributed by atoms with Gasteiger partial charge in [0.05, 0.1) is 6.20 Å². The molecule has 2 aliphatic rings. The molecule has 1 saturated heterocycles. The average molecular weight is 353 g/mol. The van der Waals surface area contributed by atoms with Gasteiger partial charge < -0.3 is 14.4 Å². The zero-order chi connectivity index (χ0) is 18.1. The first-order valence-corrected chi connectivity index (χ1v) is 9.17. The van der Waals surface area contributed by atoms with Gasteiger partial charge >= 0.3 is 0 Å². The molecule has 4 rings (SSSR count). The summed E-state index contributed by atoms with van der Waals surface area (Å²) in [4.78, 5) is 38.0. The van der Waals surface area contributed by atoms with Gasteiger partial charge in [0.2, 0.25) is 0 Å². The number of hydrogen-bond donors (Lipinski definition) is 0. The first kappa shape index (κ1) is 16.8. The van der Waals surface area contributed by atoms with Crippen molar-refractivity contribution in [3.63, 3.8) is 0 Å². The first-order valence-electron chi connectivity index (χ1n) is 9.17. The van der Waals surface area contributed by atoms with Crippen LogP contribution in [0, 0.1) is 0 Å². The summed E-state index contributed by atoms with van der Waals surface area (Å²) in [6.45, 7) is 2.54. The number of pyridine rings is 1. The Bertz CT molecular complexity index is 869. The smallest absolute Gasteiger partial charge is 0.263 e. The molecule has 0 aromatic carbocycles.